The molecule has 0 fully saturated rings. The first-order chi connectivity index (χ1) is 9.15. The molecule has 5 nitrogen and oxygen atoms in total. The van der Waals surface area contributed by atoms with Crippen LogP contribution in [0.1, 0.15) is 25.3 Å². The minimum atomic E-state index is 0.0537. The van der Waals surface area contributed by atoms with E-state index in [1.807, 2.05) is 25.1 Å². The van der Waals surface area contributed by atoms with E-state index in [2.05, 4.69) is 5.32 Å². The van der Waals surface area contributed by atoms with Gasteiger partial charge in [-0.1, -0.05) is 6.07 Å². The molecular formula is C14H20N2O3. The molecule has 0 saturated carbocycles. The van der Waals surface area contributed by atoms with Gasteiger partial charge in [0.25, 0.3) is 0 Å². The molecule has 1 aromatic carbocycles. The van der Waals surface area contributed by atoms with Crippen LogP contribution in [-0.4, -0.2) is 25.3 Å². The number of nitrogens with one attached hydrogen (secondary N) is 1. The summed E-state index contributed by atoms with van der Waals surface area (Å²) in [6.07, 6.45) is 1.98. The second-order valence-corrected chi connectivity index (χ2v) is 4.80. The Morgan fingerprint density at radius 2 is 2.21 bits per heavy atom. The third-order valence-electron chi connectivity index (χ3n) is 3.00. The van der Waals surface area contributed by atoms with Crippen LogP contribution in [0, 0.1) is 0 Å². The lowest BCUT2D eigenvalue weighted by Gasteiger charge is -2.07. The van der Waals surface area contributed by atoms with E-state index in [-0.39, 0.29) is 18.7 Å². The van der Waals surface area contributed by atoms with E-state index >= 15 is 0 Å². The van der Waals surface area contributed by atoms with Gasteiger partial charge < -0.3 is 20.5 Å². The number of rotatable bonds is 6. The molecule has 3 N–H and O–H groups in total. The molecule has 1 unspecified atom stereocenters. The maximum Gasteiger partial charge on any atom is 0.231 e. The topological polar surface area (TPSA) is 73.6 Å². The first-order valence-corrected chi connectivity index (χ1v) is 6.56. The smallest absolute Gasteiger partial charge is 0.231 e. The van der Waals surface area contributed by atoms with E-state index < -0.39 is 0 Å². The second kappa shape index (κ2) is 6.43. The van der Waals surface area contributed by atoms with E-state index in [9.17, 15) is 4.79 Å². The molecule has 0 aromatic heterocycles. The van der Waals surface area contributed by atoms with Gasteiger partial charge in [-0.05, 0) is 37.5 Å². The Balaban J connectivity index is 1.72. The van der Waals surface area contributed by atoms with Gasteiger partial charge in [0, 0.05) is 19.0 Å². The lowest BCUT2D eigenvalue weighted by atomic mass is 10.1. The van der Waals surface area contributed by atoms with Crippen molar-refractivity contribution in [3.63, 3.8) is 0 Å². The molecule has 1 amide bonds. The molecule has 1 aromatic rings. The molecule has 104 valence electrons. The summed E-state index contributed by atoms with van der Waals surface area (Å²) < 4.78 is 10.6. The summed E-state index contributed by atoms with van der Waals surface area (Å²) in [5, 5.41) is 2.89. The zero-order valence-electron chi connectivity index (χ0n) is 11.1. The fourth-order valence-corrected chi connectivity index (χ4v) is 1.89. The first-order valence-electron chi connectivity index (χ1n) is 6.56. The van der Waals surface area contributed by atoms with Gasteiger partial charge in [0.05, 0.1) is 0 Å². The van der Waals surface area contributed by atoms with Gasteiger partial charge in [-0.15, -0.1) is 0 Å². The molecule has 0 spiro atoms. The SMILES string of the molecule is CC(N)CCC(=O)NCCc1ccc2c(c1)OCO2. The third kappa shape index (κ3) is 4.13. The van der Waals surface area contributed by atoms with Crippen molar-refractivity contribution in [3.05, 3.63) is 23.8 Å². The lowest BCUT2D eigenvalue weighted by molar-refractivity contribution is -0.121. The zero-order valence-corrected chi connectivity index (χ0v) is 11.1. The number of fused-ring (bicyclic) bond motifs is 1. The average Bonchev–Trinajstić information content (AvgIpc) is 2.83. The molecule has 1 aliphatic rings. The number of ether oxygens (including phenoxy) is 2. The normalized spacial score (nSPS) is 14.2. The number of benzene rings is 1. The minimum absolute atomic E-state index is 0.0537. The van der Waals surface area contributed by atoms with E-state index in [0.29, 0.717) is 13.0 Å². The van der Waals surface area contributed by atoms with E-state index in [1.54, 1.807) is 0 Å². The van der Waals surface area contributed by atoms with Gasteiger partial charge in [0.1, 0.15) is 0 Å². The predicted molar refractivity (Wildman–Crippen MR) is 72.2 cm³/mol. The van der Waals surface area contributed by atoms with Gasteiger partial charge >= 0.3 is 0 Å². The van der Waals surface area contributed by atoms with Crippen LogP contribution in [0.3, 0.4) is 0 Å². The highest BCUT2D eigenvalue weighted by molar-refractivity contribution is 5.75. The van der Waals surface area contributed by atoms with Crippen molar-refractivity contribution in [1.29, 1.82) is 0 Å². The predicted octanol–water partition coefficient (Wildman–Crippen LogP) is 1.20. The van der Waals surface area contributed by atoms with Crippen molar-refractivity contribution in [3.8, 4) is 11.5 Å². The summed E-state index contributed by atoms with van der Waals surface area (Å²) in [6.45, 7) is 2.81. The number of hydrogen-bond acceptors (Lipinski definition) is 4. The summed E-state index contributed by atoms with van der Waals surface area (Å²) in [4.78, 5) is 11.5. The minimum Gasteiger partial charge on any atom is -0.454 e. The number of amides is 1. The van der Waals surface area contributed by atoms with Crippen LogP contribution in [0.4, 0.5) is 0 Å². The molecule has 0 radical (unpaired) electrons. The average molecular weight is 264 g/mol. The zero-order chi connectivity index (χ0) is 13.7. The third-order valence-corrected chi connectivity index (χ3v) is 3.00. The van der Waals surface area contributed by atoms with E-state index in [0.717, 1.165) is 29.9 Å². The molecule has 0 bridgehead atoms. The van der Waals surface area contributed by atoms with Crippen LogP contribution < -0.4 is 20.5 Å². The van der Waals surface area contributed by atoms with Crippen molar-refractivity contribution < 1.29 is 14.3 Å². The molecule has 5 heteroatoms. The molecular weight excluding hydrogens is 244 g/mol. The van der Waals surface area contributed by atoms with Gasteiger partial charge in [-0.25, -0.2) is 0 Å². The molecule has 19 heavy (non-hydrogen) atoms. The highest BCUT2D eigenvalue weighted by atomic mass is 16.7. The second-order valence-electron chi connectivity index (χ2n) is 4.80. The van der Waals surface area contributed by atoms with E-state index in [4.69, 9.17) is 15.2 Å². The Hall–Kier alpha value is -1.75. The van der Waals surface area contributed by atoms with Crippen LogP contribution in [0.25, 0.3) is 0 Å². The van der Waals surface area contributed by atoms with Crippen LogP contribution in [0.5, 0.6) is 11.5 Å². The van der Waals surface area contributed by atoms with Gasteiger partial charge in [0.15, 0.2) is 11.5 Å². The van der Waals surface area contributed by atoms with Crippen molar-refractivity contribution in [1.82, 2.24) is 5.32 Å². The fourth-order valence-electron chi connectivity index (χ4n) is 1.89. The number of carbonyl (C=O) groups is 1. The Bertz CT molecular complexity index is 446. The Morgan fingerprint density at radius 1 is 1.42 bits per heavy atom. The summed E-state index contributed by atoms with van der Waals surface area (Å²) in [5.41, 5.74) is 6.73. The van der Waals surface area contributed by atoms with Crippen molar-refractivity contribution in [2.24, 2.45) is 5.73 Å². The fraction of sp³-hybridized carbons (Fsp3) is 0.500. The monoisotopic (exact) mass is 264 g/mol. The largest absolute Gasteiger partial charge is 0.454 e. The lowest BCUT2D eigenvalue weighted by Crippen LogP contribution is -2.27. The van der Waals surface area contributed by atoms with Crippen LogP contribution in [-0.2, 0) is 11.2 Å². The standard InChI is InChI=1S/C14H20N2O3/c1-10(15)2-5-14(17)16-7-6-11-3-4-12-13(8-11)19-9-18-12/h3-4,8,10H,2,5-7,9,15H2,1H3,(H,16,17). The number of hydrogen-bond donors (Lipinski definition) is 2. The molecule has 1 aliphatic heterocycles. The quantitative estimate of drug-likeness (QED) is 0.809. The summed E-state index contributed by atoms with van der Waals surface area (Å²) in [6, 6.07) is 5.91. The van der Waals surface area contributed by atoms with E-state index in [1.165, 1.54) is 0 Å². The maximum absolute atomic E-state index is 11.5. The summed E-state index contributed by atoms with van der Waals surface area (Å²) in [7, 11) is 0. The van der Waals surface area contributed by atoms with Crippen molar-refractivity contribution in [2.75, 3.05) is 13.3 Å². The number of nitrogens with two attached hydrogens (primary N) is 1. The van der Waals surface area contributed by atoms with Gasteiger partial charge in [-0.3, -0.25) is 4.79 Å². The Labute approximate surface area is 113 Å². The molecule has 1 atom stereocenters. The Kier molecular flexibility index (Phi) is 4.63. The van der Waals surface area contributed by atoms with Gasteiger partial charge in [-0.2, -0.15) is 0 Å². The van der Waals surface area contributed by atoms with Crippen molar-refractivity contribution >= 4 is 5.91 Å². The molecule has 1 heterocycles. The van der Waals surface area contributed by atoms with Crippen LogP contribution >= 0.6 is 0 Å². The molecule has 0 aliphatic carbocycles. The maximum atomic E-state index is 11.5. The molecule has 0 saturated heterocycles. The molecule has 2 rings (SSSR count). The van der Waals surface area contributed by atoms with Gasteiger partial charge in [0.2, 0.25) is 12.7 Å². The number of carbonyl (C=O) groups excluding carboxylic acids is 1. The van der Waals surface area contributed by atoms with Crippen molar-refractivity contribution in [2.45, 2.75) is 32.2 Å². The summed E-state index contributed by atoms with van der Waals surface area (Å²) in [5.74, 6) is 1.61. The van der Waals surface area contributed by atoms with Crippen LogP contribution in [0.2, 0.25) is 0 Å². The Morgan fingerprint density at radius 3 is 3.00 bits per heavy atom. The highest BCUT2D eigenvalue weighted by Crippen LogP contribution is 2.32. The first kappa shape index (κ1) is 13.7. The summed E-state index contributed by atoms with van der Waals surface area (Å²) >= 11 is 0. The highest BCUT2D eigenvalue weighted by Gasteiger charge is 2.13. The van der Waals surface area contributed by atoms with Crippen LogP contribution in [0.15, 0.2) is 18.2 Å².